The summed E-state index contributed by atoms with van der Waals surface area (Å²) in [5.74, 6) is 0. The number of hydrogen-bond acceptors (Lipinski definition) is 4. The molecular formula is C12H16N2S2. The summed E-state index contributed by atoms with van der Waals surface area (Å²) in [5.41, 5.74) is 2.52. The number of thiazole rings is 1. The molecule has 0 aliphatic heterocycles. The number of thiophene rings is 1. The van der Waals surface area contributed by atoms with Gasteiger partial charge in [0.1, 0.15) is 5.01 Å². The number of hydrogen-bond donors (Lipinski definition) is 1. The van der Waals surface area contributed by atoms with Gasteiger partial charge in [0.05, 0.1) is 10.6 Å². The van der Waals surface area contributed by atoms with E-state index in [4.69, 9.17) is 0 Å². The molecule has 0 aliphatic carbocycles. The minimum Gasteiger partial charge on any atom is -0.319 e. The second kappa shape index (κ2) is 5.08. The second-order valence-corrected chi connectivity index (χ2v) is 5.81. The van der Waals surface area contributed by atoms with Crippen LogP contribution in [0.2, 0.25) is 0 Å². The van der Waals surface area contributed by atoms with Crippen LogP contribution in [0, 0.1) is 13.8 Å². The number of aromatic nitrogens is 1. The third-order valence-electron chi connectivity index (χ3n) is 2.55. The third kappa shape index (κ3) is 2.34. The number of rotatable bonds is 4. The van der Waals surface area contributed by atoms with Crippen molar-refractivity contribution in [2.24, 2.45) is 0 Å². The van der Waals surface area contributed by atoms with Gasteiger partial charge in [-0.25, -0.2) is 4.98 Å². The Hall–Kier alpha value is -0.710. The van der Waals surface area contributed by atoms with E-state index in [1.807, 2.05) is 18.4 Å². The Bertz CT molecular complexity index is 471. The van der Waals surface area contributed by atoms with E-state index in [1.54, 1.807) is 11.3 Å². The van der Waals surface area contributed by atoms with Crippen molar-refractivity contribution in [3.63, 3.8) is 0 Å². The van der Waals surface area contributed by atoms with E-state index in [0.717, 1.165) is 13.0 Å². The molecule has 0 radical (unpaired) electrons. The largest absolute Gasteiger partial charge is 0.319 e. The molecule has 0 amide bonds. The zero-order valence-electron chi connectivity index (χ0n) is 9.83. The van der Waals surface area contributed by atoms with E-state index in [9.17, 15) is 0 Å². The Morgan fingerprint density at radius 3 is 2.81 bits per heavy atom. The quantitative estimate of drug-likeness (QED) is 0.903. The van der Waals surface area contributed by atoms with Crippen molar-refractivity contribution < 1.29 is 0 Å². The van der Waals surface area contributed by atoms with Crippen LogP contribution in [-0.4, -0.2) is 18.6 Å². The maximum atomic E-state index is 4.67. The highest BCUT2D eigenvalue weighted by molar-refractivity contribution is 7.21. The van der Waals surface area contributed by atoms with Gasteiger partial charge in [-0.2, -0.15) is 0 Å². The Kier molecular flexibility index (Phi) is 3.74. The van der Waals surface area contributed by atoms with Crippen LogP contribution in [-0.2, 0) is 6.42 Å². The minimum absolute atomic E-state index is 1.02. The van der Waals surface area contributed by atoms with Gasteiger partial charge in [0, 0.05) is 4.88 Å². The molecule has 0 aliphatic rings. The second-order valence-electron chi connectivity index (χ2n) is 3.81. The Balaban J connectivity index is 2.27. The predicted molar refractivity (Wildman–Crippen MR) is 72.5 cm³/mol. The molecule has 2 rings (SSSR count). The number of likely N-dealkylation sites (N-methyl/N-ethyl adjacent to an activating group) is 1. The lowest BCUT2D eigenvalue weighted by Gasteiger charge is -1.95. The van der Waals surface area contributed by atoms with E-state index in [-0.39, 0.29) is 0 Å². The zero-order valence-corrected chi connectivity index (χ0v) is 11.5. The van der Waals surface area contributed by atoms with Gasteiger partial charge in [-0.1, -0.05) is 0 Å². The van der Waals surface area contributed by atoms with Crippen molar-refractivity contribution in [2.45, 2.75) is 20.3 Å². The topological polar surface area (TPSA) is 24.9 Å². The average Bonchev–Trinajstić information content (AvgIpc) is 2.82. The van der Waals surface area contributed by atoms with Gasteiger partial charge < -0.3 is 5.32 Å². The molecule has 0 atom stereocenters. The lowest BCUT2D eigenvalue weighted by molar-refractivity contribution is 0.795. The smallest absolute Gasteiger partial charge is 0.134 e. The fourth-order valence-electron chi connectivity index (χ4n) is 1.59. The summed E-state index contributed by atoms with van der Waals surface area (Å²) in [6, 6.07) is 2.16. The van der Waals surface area contributed by atoms with Crippen molar-refractivity contribution in [2.75, 3.05) is 13.6 Å². The molecule has 0 unspecified atom stereocenters. The first-order valence-electron chi connectivity index (χ1n) is 5.37. The van der Waals surface area contributed by atoms with Gasteiger partial charge in [-0.3, -0.25) is 0 Å². The molecule has 1 N–H and O–H groups in total. The molecule has 86 valence electrons. The number of aryl methyl sites for hydroxylation is 2. The first kappa shape index (κ1) is 11.8. The zero-order chi connectivity index (χ0) is 11.5. The van der Waals surface area contributed by atoms with Crippen LogP contribution in [0.3, 0.4) is 0 Å². The van der Waals surface area contributed by atoms with Crippen molar-refractivity contribution in [1.29, 1.82) is 0 Å². The molecule has 0 bridgehead atoms. The van der Waals surface area contributed by atoms with Crippen molar-refractivity contribution in [3.8, 4) is 9.88 Å². The Labute approximate surface area is 104 Å². The molecule has 0 spiro atoms. The lowest BCUT2D eigenvalue weighted by atomic mass is 10.3. The van der Waals surface area contributed by atoms with Gasteiger partial charge in [-0.05, 0) is 50.9 Å². The number of nitrogens with one attached hydrogen (secondary N) is 1. The van der Waals surface area contributed by atoms with Gasteiger partial charge in [0.25, 0.3) is 0 Å². The molecule has 2 heterocycles. The van der Waals surface area contributed by atoms with E-state index >= 15 is 0 Å². The van der Waals surface area contributed by atoms with E-state index in [1.165, 1.54) is 26.0 Å². The summed E-state index contributed by atoms with van der Waals surface area (Å²) in [6.45, 7) is 5.27. The molecule has 0 saturated heterocycles. The first-order chi connectivity index (χ1) is 7.72. The van der Waals surface area contributed by atoms with Gasteiger partial charge in [0.15, 0.2) is 0 Å². The van der Waals surface area contributed by atoms with Gasteiger partial charge in [-0.15, -0.1) is 22.7 Å². The predicted octanol–water partition coefficient (Wildman–Crippen LogP) is 3.25. The first-order valence-corrected chi connectivity index (χ1v) is 7.07. The van der Waals surface area contributed by atoms with Crippen molar-refractivity contribution in [3.05, 3.63) is 27.6 Å². The fraction of sp³-hybridized carbons (Fsp3) is 0.417. The standard InChI is InChI=1S/C12H16N2S2/c1-8-5-7-15-11(8)12-14-9(2)10(16-12)4-6-13-3/h5,7,13H,4,6H2,1-3H3. The molecule has 2 aromatic rings. The molecule has 0 saturated carbocycles. The highest BCUT2D eigenvalue weighted by atomic mass is 32.1. The molecule has 4 heteroatoms. The highest BCUT2D eigenvalue weighted by Gasteiger charge is 2.11. The summed E-state index contributed by atoms with van der Waals surface area (Å²) >= 11 is 3.61. The molecule has 0 aromatic carbocycles. The van der Waals surface area contributed by atoms with Crippen LogP contribution < -0.4 is 5.32 Å². The van der Waals surface area contributed by atoms with Crippen molar-refractivity contribution >= 4 is 22.7 Å². The summed E-state index contributed by atoms with van der Waals surface area (Å²) in [6.07, 6.45) is 1.07. The molecule has 16 heavy (non-hydrogen) atoms. The van der Waals surface area contributed by atoms with E-state index in [2.05, 4.69) is 35.6 Å². The molecular weight excluding hydrogens is 236 g/mol. The summed E-state index contributed by atoms with van der Waals surface area (Å²) in [5, 5.41) is 6.49. The highest BCUT2D eigenvalue weighted by Crippen LogP contribution is 2.33. The molecule has 0 fully saturated rings. The van der Waals surface area contributed by atoms with Crippen molar-refractivity contribution in [1.82, 2.24) is 10.3 Å². The Morgan fingerprint density at radius 2 is 2.19 bits per heavy atom. The maximum Gasteiger partial charge on any atom is 0.134 e. The minimum atomic E-state index is 1.02. The van der Waals surface area contributed by atoms with Crippen LogP contribution >= 0.6 is 22.7 Å². The average molecular weight is 252 g/mol. The monoisotopic (exact) mass is 252 g/mol. The van der Waals surface area contributed by atoms with Crippen LogP contribution in [0.25, 0.3) is 9.88 Å². The summed E-state index contributed by atoms with van der Waals surface area (Å²) < 4.78 is 0. The third-order valence-corrected chi connectivity index (χ3v) is 4.94. The van der Waals surface area contributed by atoms with Crippen LogP contribution in [0.15, 0.2) is 11.4 Å². The van der Waals surface area contributed by atoms with Crippen LogP contribution in [0.1, 0.15) is 16.1 Å². The van der Waals surface area contributed by atoms with Crippen LogP contribution in [0.4, 0.5) is 0 Å². The molecule has 2 nitrogen and oxygen atoms in total. The Morgan fingerprint density at radius 1 is 1.38 bits per heavy atom. The maximum absolute atomic E-state index is 4.67. The molecule has 2 aromatic heterocycles. The SMILES string of the molecule is CNCCc1sc(-c2sccc2C)nc1C. The normalized spacial score (nSPS) is 10.9. The summed E-state index contributed by atoms with van der Waals surface area (Å²) in [7, 11) is 1.99. The van der Waals surface area contributed by atoms with Crippen LogP contribution in [0.5, 0.6) is 0 Å². The van der Waals surface area contributed by atoms with Gasteiger partial charge >= 0.3 is 0 Å². The summed E-state index contributed by atoms with van der Waals surface area (Å²) in [4.78, 5) is 7.39. The lowest BCUT2D eigenvalue weighted by Crippen LogP contribution is -2.09. The van der Waals surface area contributed by atoms with Gasteiger partial charge in [0.2, 0.25) is 0 Å². The number of nitrogens with zero attached hydrogens (tertiary/aromatic N) is 1. The van der Waals surface area contributed by atoms with E-state index < -0.39 is 0 Å². The van der Waals surface area contributed by atoms with E-state index in [0.29, 0.717) is 0 Å². The fourth-order valence-corrected chi connectivity index (χ4v) is 3.73.